The van der Waals surface area contributed by atoms with Gasteiger partial charge >= 0.3 is 5.97 Å². The Kier molecular flexibility index (Phi) is 3.70. The van der Waals surface area contributed by atoms with Crippen molar-refractivity contribution in [2.75, 3.05) is 7.11 Å². The van der Waals surface area contributed by atoms with Crippen LogP contribution in [0.5, 0.6) is 11.5 Å². The molecule has 0 fully saturated rings. The van der Waals surface area contributed by atoms with Crippen LogP contribution in [0.1, 0.15) is 16.1 Å². The van der Waals surface area contributed by atoms with Crippen molar-refractivity contribution in [3.05, 3.63) is 42.0 Å². The summed E-state index contributed by atoms with van der Waals surface area (Å²) in [5.41, 5.74) is 1.03. The number of ether oxygens (including phenoxy) is 2. The normalized spacial score (nSPS) is 10.2. The first-order valence-electron chi connectivity index (χ1n) is 5.61. The minimum absolute atomic E-state index is 0.154. The van der Waals surface area contributed by atoms with Crippen molar-refractivity contribution in [2.45, 2.75) is 6.61 Å². The first kappa shape index (κ1) is 12.9. The number of carbonyl (C=O) groups is 1. The molecule has 0 radical (unpaired) electrons. The van der Waals surface area contributed by atoms with Crippen LogP contribution in [-0.2, 0) is 13.7 Å². The van der Waals surface area contributed by atoms with Crippen LogP contribution in [0.3, 0.4) is 0 Å². The summed E-state index contributed by atoms with van der Waals surface area (Å²) in [5, 5.41) is 8.96. The molecule has 6 nitrogen and oxygen atoms in total. The summed E-state index contributed by atoms with van der Waals surface area (Å²) in [7, 11) is 3.36. The van der Waals surface area contributed by atoms with Gasteiger partial charge in [0.25, 0.3) is 0 Å². The van der Waals surface area contributed by atoms with E-state index in [2.05, 4.69) is 4.98 Å². The van der Waals surface area contributed by atoms with Crippen LogP contribution in [0.4, 0.5) is 0 Å². The van der Waals surface area contributed by atoms with Gasteiger partial charge in [-0.25, -0.2) is 9.78 Å². The number of aromatic nitrogens is 2. The van der Waals surface area contributed by atoms with Gasteiger partial charge < -0.3 is 19.1 Å². The van der Waals surface area contributed by atoms with Crippen LogP contribution >= 0.6 is 0 Å². The number of aryl methyl sites for hydroxylation is 1. The molecule has 0 bridgehead atoms. The smallest absolute Gasteiger partial charge is 0.335 e. The first-order valence-corrected chi connectivity index (χ1v) is 5.61. The monoisotopic (exact) mass is 262 g/mol. The minimum atomic E-state index is -1.01. The zero-order valence-corrected chi connectivity index (χ0v) is 10.7. The Labute approximate surface area is 110 Å². The molecule has 0 aliphatic rings. The maximum atomic E-state index is 10.9. The van der Waals surface area contributed by atoms with Crippen molar-refractivity contribution >= 4 is 5.97 Å². The Morgan fingerprint density at radius 2 is 2.21 bits per heavy atom. The standard InChI is InChI=1S/C13H14N2O4/c1-15-8-14-6-10(15)7-19-12-5-9(13(16)17)3-4-11(12)18-2/h3-6,8H,7H2,1-2H3,(H,16,17). The van der Waals surface area contributed by atoms with E-state index in [0.29, 0.717) is 11.5 Å². The zero-order chi connectivity index (χ0) is 13.8. The van der Waals surface area contributed by atoms with Gasteiger partial charge in [0.2, 0.25) is 0 Å². The van der Waals surface area contributed by atoms with Crippen molar-refractivity contribution in [1.82, 2.24) is 9.55 Å². The summed E-state index contributed by atoms with van der Waals surface area (Å²) in [4.78, 5) is 14.9. The summed E-state index contributed by atoms with van der Waals surface area (Å²) >= 11 is 0. The number of rotatable bonds is 5. The Hall–Kier alpha value is -2.50. The molecule has 0 spiro atoms. The van der Waals surface area contributed by atoms with Gasteiger partial charge in [0.15, 0.2) is 11.5 Å². The molecule has 1 aromatic heterocycles. The number of hydrogen-bond donors (Lipinski definition) is 1. The average Bonchev–Trinajstić information content (AvgIpc) is 2.81. The summed E-state index contributed by atoms with van der Waals surface area (Å²) in [5.74, 6) is -0.121. The number of carboxylic acids is 1. The Bertz CT molecular complexity index is 592. The lowest BCUT2D eigenvalue weighted by Gasteiger charge is -2.11. The fourth-order valence-electron chi connectivity index (χ4n) is 1.60. The van der Waals surface area contributed by atoms with Crippen molar-refractivity contribution in [3.63, 3.8) is 0 Å². The van der Waals surface area contributed by atoms with Crippen LogP contribution in [-0.4, -0.2) is 27.7 Å². The van der Waals surface area contributed by atoms with Gasteiger partial charge in [0, 0.05) is 7.05 Å². The fraction of sp³-hybridized carbons (Fsp3) is 0.231. The van der Waals surface area contributed by atoms with E-state index in [9.17, 15) is 4.79 Å². The van der Waals surface area contributed by atoms with E-state index in [4.69, 9.17) is 14.6 Å². The summed E-state index contributed by atoms with van der Waals surface area (Å²) in [6.45, 7) is 0.288. The van der Waals surface area contributed by atoms with Crippen LogP contribution < -0.4 is 9.47 Å². The van der Waals surface area contributed by atoms with E-state index in [1.807, 2.05) is 11.6 Å². The minimum Gasteiger partial charge on any atom is -0.493 e. The highest BCUT2D eigenvalue weighted by Gasteiger charge is 2.10. The number of imidazole rings is 1. The number of carboxylic acid groups (broad SMARTS) is 1. The third-order valence-electron chi connectivity index (χ3n) is 2.70. The largest absolute Gasteiger partial charge is 0.493 e. The van der Waals surface area contributed by atoms with E-state index in [0.717, 1.165) is 5.69 Å². The maximum Gasteiger partial charge on any atom is 0.335 e. The molecule has 2 aromatic rings. The zero-order valence-electron chi connectivity index (χ0n) is 10.7. The van der Waals surface area contributed by atoms with Crippen LogP contribution in [0.2, 0.25) is 0 Å². The molecule has 1 aromatic carbocycles. The van der Waals surface area contributed by atoms with Gasteiger partial charge in [-0.05, 0) is 18.2 Å². The van der Waals surface area contributed by atoms with Crippen molar-refractivity contribution in [2.24, 2.45) is 7.05 Å². The fourth-order valence-corrected chi connectivity index (χ4v) is 1.60. The first-order chi connectivity index (χ1) is 9.11. The molecule has 6 heteroatoms. The molecule has 1 heterocycles. The van der Waals surface area contributed by atoms with Gasteiger partial charge in [-0.15, -0.1) is 0 Å². The van der Waals surface area contributed by atoms with E-state index in [1.165, 1.54) is 19.2 Å². The lowest BCUT2D eigenvalue weighted by molar-refractivity contribution is 0.0696. The maximum absolute atomic E-state index is 10.9. The van der Waals surface area contributed by atoms with Crippen molar-refractivity contribution in [3.8, 4) is 11.5 Å². The summed E-state index contributed by atoms with van der Waals surface area (Å²) < 4.78 is 12.6. The molecule has 0 atom stereocenters. The number of nitrogens with zero attached hydrogens (tertiary/aromatic N) is 2. The van der Waals surface area contributed by atoms with Crippen molar-refractivity contribution in [1.29, 1.82) is 0 Å². The van der Waals surface area contributed by atoms with Gasteiger partial charge in [-0.1, -0.05) is 0 Å². The van der Waals surface area contributed by atoms with E-state index >= 15 is 0 Å². The number of aromatic carboxylic acids is 1. The predicted molar refractivity (Wildman–Crippen MR) is 67.5 cm³/mol. The molecule has 1 N–H and O–H groups in total. The molecule has 100 valence electrons. The number of methoxy groups -OCH3 is 1. The number of hydrogen-bond acceptors (Lipinski definition) is 4. The Morgan fingerprint density at radius 1 is 1.42 bits per heavy atom. The molecule has 0 saturated heterocycles. The lowest BCUT2D eigenvalue weighted by Crippen LogP contribution is -2.04. The van der Waals surface area contributed by atoms with Crippen LogP contribution in [0.15, 0.2) is 30.7 Å². The second-order valence-corrected chi connectivity index (χ2v) is 3.96. The van der Waals surface area contributed by atoms with Gasteiger partial charge in [0.1, 0.15) is 6.61 Å². The molecular formula is C13H14N2O4. The summed E-state index contributed by atoms with van der Waals surface area (Å²) in [6, 6.07) is 4.48. The molecule has 0 amide bonds. The van der Waals surface area contributed by atoms with E-state index in [1.54, 1.807) is 18.6 Å². The molecule has 19 heavy (non-hydrogen) atoms. The molecular weight excluding hydrogens is 248 g/mol. The topological polar surface area (TPSA) is 73.6 Å². The molecule has 0 saturated carbocycles. The van der Waals surface area contributed by atoms with Gasteiger partial charge in [0.05, 0.1) is 30.9 Å². The second-order valence-electron chi connectivity index (χ2n) is 3.96. The average molecular weight is 262 g/mol. The SMILES string of the molecule is COc1ccc(C(=O)O)cc1OCc1cncn1C. The quantitative estimate of drug-likeness (QED) is 0.887. The molecule has 0 aliphatic carbocycles. The van der Waals surface area contributed by atoms with Crippen LogP contribution in [0, 0.1) is 0 Å². The van der Waals surface area contributed by atoms with Crippen molar-refractivity contribution < 1.29 is 19.4 Å². The van der Waals surface area contributed by atoms with E-state index < -0.39 is 5.97 Å². The Morgan fingerprint density at radius 3 is 2.79 bits per heavy atom. The highest BCUT2D eigenvalue weighted by atomic mass is 16.5. The highest BCUT2D eigenvalue weighted by Crippen LogP contribution is 2.28. The molecule has 2 rings (SSSR count). The Balaban J connectivity index is 2.20. The third kappa shape index (κ3) is 2.85. The third-order valence-corrected chi connectivity index (χ3v) is 2.70. The van der Waals surface area contributed by atoms with Gasteiger partial charge in [-0.3, -0.25) is 0 Å². The summed E-state index contributed by atoms with van der Waals surface area (Å²) in [6.07, 6.45) is 3.36. The predicted octanol–water partition coefficient (Wildman–Crippen LogP) is 1.71. The molecule has 0 unspecified atom stereocenters. The van der Waals surface area contributed by atoms with Gasteiger partial charge in [-0.2, -0.15) is 0 Å². The highest BCUT2D eigenvalue weighted by molar-refractivity contribution is 5.88. The lowest BCUT2D eigenvalue weighted by atomic mass is 10.2. The second kappa shape index (κ2) is 5.43. The van der Waals surface area contributed by atoms with E-state index in [-0.39, 0.29) is 12.2 Å². The molecule has 0 aliphatic heterocycles. The van der Waals surface area contributed by atoms with Crippen LogP contribution in [0.25, 0.3) is 0 Å². The number of benzene rings is 1.